The van der Waals surface area contributed by atoms with E-state index in [0.29, 0.717) is 23.8 Å². The molecule has 7 heteroatoms. The van der Waals surface area contributed by atoms with E-state index in [1.165, 1.54) is 18.2 Å². The zero-order valence-electron chi connectivity index (χ0n) is 17.8. The Hall–Kier alpha value is -2.38. The number of hydrogen-bond acceptors (Lipinski definition) is 7. The molecule has 0 radical (unpaired) electrons. The van der Waals surface area contributed by atoms with E-state index in [0.717, 1.165) is 38.2 Å². The monoisotopic (exact) mass is 411 g/mol. The summed E-state index contributed by atoms with van der Waals surface area (Å²) in [7, 11) is 3.09. The summed E-state index contributed by atoms with van der Waals surface area (Å²) in [5, 5.41) is 11.7. The number of nitrogens with zero attached hydrogens (tertiary/aromatic N) is 3. The highest BCUT2D eigenvalue weighted by Gasteiger charge is 2.53. The minimum Gasteiger partial charge on any atom is -0.490 e. The largest absolute Gasteiger partial charge is 0.490 e. The van der Waals surface area contributed by atoms with E-state index in [1.807, 2.05) is 0 Å². The van der Waals surface area contributed by atoms with E-state index in [4.69, 9.17) is 14.2 Å². The lowest BCUT2D eigenvalue weighted by Gasteiger charge is -2.31. The summed E-state index contributed by atoms with van der Waals surface area (Å²) >= 11 is 0. The van der Waals surface area contributed by atoms with Crippen LogP contribution in [0.3, 0.4) is 0 Å². The molecule has 3 heterocycles. The maximum Gasteiger partial charge on any atom is 0.319 e. The van der Waals surface area contributed by atoms with Gasteiger partial charge in [0.2, 0.25) is 5.88 Å². The molecule has 160 valence electrons. The van der Waals surface area contributed by atoms with E-state index in [2.05, 4.69) is 40.0 Å². The predicted octanol–water partition coefficient (Wildman–Crippen LogP) is 2.55. The van der Waals surface area contributed by atoms with Gasteiger partial charge in [-0.25, -0.2) is 4.98 Å². The Kier molecular flexibility index (Phi) is 4.82. The molecule has 30 heavy (non-hydrogen) atoms. The van der Waals surface area contributed by atoms with Gasteiger partial charge in [-0.3, -0.25) is 4.90 Å². The highest BCUT2D eigenvalue weighted by Crippen LogP contribution is 2.52. The third-order valence-corrected chi connectivity index (χ3v) is 6.97. The normalized spacial score (nSPS) is 30.1. The summed E-state index contributed by atoms with van der Waals surface area (Å²) in [6.45, 7) is 4.84. The van der Waals surface area contributed by atoms with Crippen molar-refractivity contribution in [2.75, 3.05) is 27.3 Å². The SMILES string of the molecule is COc1ncc([C@@]2(O)CC[C@@H]3CN(Cc4ccc5c(c4)C[C@H](C)O5)C[C@@H]32)c(OC)n1. The summed E-state index contributed by atoms with van der Waals surface area (Å²) in [6.07, 6.45) is 4.60. The van der Waals surface area contributed by atoms with Gasteiger partial charge in [-0.15, -0.1) is 0 Å². The zero-order chi connectivity index (χ0) is 20.9. The van der Waals surface area contributed by atoms with Crippen molar-refractivity contribution in [1.29, 1.82) is 0 Å². The Morgan fingerprint density at radius 1 is 1.27 bits per heavy atom. The summed E-state index contributed by atoms with van der Waals surface area (Å²) in [5.41, 5.74) is 2.30. The van der Waals surface area contributed by atoms with Crippen molar-refractivity contribution in [1.82, 2.24) is 14.9 Å². The molecule has 1 N–H and O–H groups in total. The second kappa shape index (κ2) is 7.39. The molecule has 1 saturated carbocycles. The number of benzene rings is 1. The second-order valence-electron chi connectivity index (χ2n) is 8.88. The molecule has 1 aliphatic carbocycles. The van der Waals surface area contributed by atoms with Gasteiger partial charge < -0.3 is 19.3 Å². The van der Waals surface area contributed by atoms with Crippen molar-refractivity contribution in [2.24, 2.45) is 11.8 Å². The Labute approximate surface area is 177 Å². The average molecular weight is 412 g/mol. The Bertz CT molecular complexity index is 952. The van der Waals surface area contributed by atoms with Gasteiger partial charge >= 0.3 is 6.01 Å². The number of ether oxygens (including phenoxy) is 3. The van der Waals surface area contributed by atoms with Crippen molar-refractivity contribution in [2.45, 2.75) is 44.4 Å². The van der Waals surface area contributed by atoms with E-state index in [-0.39, 0.29) is 18.0 Å². The Balaban J connectivity index is 1.34. The molecule has 5 rings (SSSR count). The van der Waals surface area contributed by atoms with Gasteiger partial charge in [0.15, 0.2) is 0 Å². The predicted molar refractivity (Wildman–Crippen MR) is 111 cm³/mol. The van der Waals surface area contributed by atoms with Crippen LogP contribution >= 0.6 is 0 Å². The molecule has 2 fully saturated rings. The quantitative estimate of drug-likeness (QED) is 0.810. The van der Waals surface area contributed by atoms with E-state index < -0.39 is 5.60 Å². The Morgan fingerprint density at radius 2 is 2.13 bits per heavy atom. The molecule has 1 aromatic carbocycles. The number of aliphatic hydroxyl groups is 1. The van der Waals surface area contributed by atoms with Crippen molar-refractivity contribution < 1.29 is 19.3 Å². The maximum atomic E-state index is 11.7. The first-order valence-electron chi connectivity index (χ1n) is 10.7. The van der Waals surface area contributed by atoms with Crippen molar-refractivity contribution in [3.63, 3.8) is 0 Å². The highest BCUT2D eigenvalue weighted by molar-refractivity contribution is 5.40. The molecule has 1 saturated heterocycles. The van der Waals surface area contributed by atoms with Gasteiger partial charge in [-0.05, 0) is 42.9 Å². The van der Waals surface area contributed by atoms with Crippen LogP contribution in [0.25, 0.3) is 0 Å². The van der Waals surface area contributed by atoms with Crippen LogP contribution in [0.1, 0.15) is 36.5 Å². The lowest BCUT2D eigenvalue weighted by Crippen LogP contribution is -2.35. The fourth-order valence-electron chi connectivity index (χ4n) is 5.58. The van der Waals surface area contributed by atoms with Crippen molar-refractivity contribution in [3.8, 4) is 17.6 Å². The van der Waals surface area contributed by atoms with Crippen LogP contribution in [0, 0.1) is 11.8 Å². The third kappa shape index (κ3) is 3.20. The van der Waals surface area contributed by atoms with Crippen LogP contribution in [0.4, 0.5) is 0 Å². The van der Waals surface area contributed by atoms with E-state index in [9.17, 15) is 5.11 Å². The summed E-state index contributed by atoms with van der Waals surface area (Å²) in [4.78, 5) is 11.0. The number of likely N-dealkylation sites (tertiary alicyclic amines) is 1. The van der Waals surface area contributed by atoms with Crippen LogP contribution in [-0.4, -0.2) is 53.4 Å². The molecule has 1 aromatic heterocycles. The van der Waals surface area contributed by atoms with Gasteiger partial charge in [0, 0.05) is 38.2 Å². The molecule has 0 unspecified atom stereocenters. The topological polar surface area (TPSA) is 76.9 Å². The fourth-order valence-corrected chi connectivity index (χ4v) is 5.58. The fraction of sp³-hybridized carbons (Fsp3) is 0.565. The average Bonchev–Trinajstić information content (AvgIpc) is 3.41. The van der Waals surface area contributed by atoms with Crippen LogP contribution in [-0.2, 0) is 18.6 Å². The zero-order valence-corrected chi connectivity index (χ0v) is 17.8. The lowest BCUT2D eigenvalue weighted by molar-refractivity contribution is -0.00972. The van der Waals surface area contributed by atoms with E-state index >= 15 is 0 Å². The maximum absolute atomic E-state index is 11.7. The molecule has 2 aliphatic heterocycles. The standard InChI is InChI=1S/C23H29N3O4/c1-14-8-17-9-15(4-5-20(17)30-14)11-26-12-16-6-7-23(27,19(16)13-26)18-10-24-22(29-3)25-21(18)28-2/h4-5,9-10,14,16,19,27H,6-8,11-13H2,1-3H3/t14-,16+,19-,23-/m0/s1. The first kappa shape index (κ1) is 19.6. The highest BCUT2D eigenvalue weighted by atomic mass is 16.5. The van der Waals surface area contributed by atoms with Crippen LogP contribution in [0.15, 0.2) is 24.4 Å². The smallest absolute Gasteiger partial charge is 0.319 e. The molecule has 2 aromatic rings. The summed E-state index contributed by atoms with van der Waals surface area (Å²) < 4.78 is 16.4. The first-order chi connectivity index (χ1) is 14.5. The Morgan fingerprint density at radius 3 is 2.93 bits per heavy atom. The number of hydrogen-bond donors (Lipinski definition) is 1. The summed E-state index contributed by atoms with van der Waals surface area (Å²) in [5.74, 6) is 2.02. The van der Waals surface area contributed by atoms with Gasteiger partial charge in [-0.2, -0.15) is 4.98 Å². The van der Waals surface area contributed by atoms with Gasteiger partial charge in [0.1, 0.15) is 17.5 Å². The minimum atomic E-state index is -0.974. The molecule has 4 atom stereocenters. The number of aromatic nitrogens is 2. The minimum absolute atomic E-state index is 0.140. The molecule has 0 bridgehead atoms. The molecule has 0 spiro atoms. The van der Waals surface area contributed by atoms with Gasteiger partial charge in [0.05, 0.1) is 19.8 Å². The molecule has 7 nitrogen and oxygen atoms in total. The van der Waals surface area contributed by atoms with Gasteiger partial charge in [-0.1, -0.05) is 12.1 Å². The summed E-state index contributed by atoms with van der Waals surface area (Å²) in [6, 6.07) is 6.79. The number of rotatable bonds is 5. The van der Waals surface area contributed by atoms with Crippen molar-refractivity contribution in [3.05, 3.63) is 41.1 Å². The van der Waals surface area contributed by atoms with Gasteiger partial charge in [0.25, 0.3) is 0 Å². The second-order valence-corrected chi connectivity index (χ2v) is 8.88. The lowest BCUT2D eigenvalue weighted by atomic mass is 9.83. The first-order valence-corrected chi connectivity index (χ1v) is 10.7. The molecular weight excluding hydrogens is 382 g/mol. The van der Waals surface area contributed by atoms with Crippen LogP contribution < -0.4 is 14.2 Å². The van der Waals surface area contributed by atoms with E-state index in [1.54, 1.807) is 13.3 Å². The van der Waals surface area contributed by atoms with Crippen LogP contribution in [0.5, 0.6) is 17.6 Å². The number of fused-ring (bicyclic) bond motifs is 2. The molecular formula is C23H29N3O4. The molecule has 3 aliphatic rings. The van der Waals surface area contributed by atoms with Crippen LogP contribution in [0.2, 0.25) is 0 Å². The molecule has 0 amide bonds. The van der Waals surface area contributed by atoms with Crippen molar-refractivity contribution >= 4 is 0 Å². The number of methoxy groups -OCH3 is 2. The third-order valence-electron chi connectivity index (χ3n) is 6.97.